The maximum absolute atomic E-state index is 12.2. The lowest BCUT2D eigenvalue weighted by molar-refractivity contribution is 0.262. The molecule has 0 saturated heterocycles. The summed E-state index contributed by atoms with van der Waals surface area (Å²) in [6.07, 6.45) is 3.80. The van der Waals surface area contributed by atoms with Crippen molar-refractivity contribution in [2.45, 2.75) is 6.42 Å². The van der Waals surface area contributed by atoms with Gasteiger partial charge in [0.25, 0.3) is 5.56 Å². The maximum atomic E-state index is 12.2. The predicted molar refractivity (Wildman–Crippen MR) is 106 cm³/mol. The highest BCUT2D eigenvalue weighted by Crippen LogP contribution is 2.21. The van der Waals surface area contributed by atoms with Crippen LogP contribution >= 0.6 is 11.3 Å². The number of thiophene rings is 1. The first-order chi connectivity index (χ1) is 13.2. The number of H-pyrrole nitrogens is 1. The highest BCUT2D eigenvalue weighted by molar-refractivity contribution is 7.07. The number of hydrogen-bond acceptors (Lipinski definition) is 5. The molecular weight excluding hydrogens is 362 g/mol. The molecule has 4 aromatic rings. The molecule has 1 aromatic carbocycles. The van der Waals surface area contributed by atoms with Crippen molar-refractivity contribution < 1.29 is 4.79 Å². The van der Waals surface area contributed by atoms with Gasteiger partial charge in [0, 0.05) is 23.7 Å². The topological polar surface area (TPSA) is 99.8 Å². The number of benzene rings is 1. The molecule has 2 amide bonds. The van der Waals surface area contributed by atoms with Gasteiger partial charge in [-0.1, -0.05) is 6.07 Å². The van der Waals surface area contributed by atoms with Gasteiger partial charge >= 0.3 is 6.03 Å². The zero-order chi connectivity index (χ0) is 18.6. The largest absolute Gasteiger partial charge is 0.323 e. The molecule has 3 N–H and O–H groups in total. The number of pyridine rings is 1. The SMILES string of the molecule is O=C(Nc1cccnc1)Nc1ccc2c(Cc3ccsc3)n[nH]c(=O)c2c1. The van der Waals surface area contributed by atoms with E-state index in [0.717, 1.165) is 16.6 Å². The van der Waals surface area contributed by atoms with Crippen molar-refractivity contribution in [1.29, 1.82) is 0 Å². The highest BCUT2D eigenvalue weighted by Gasteiger charge is 2.10. The second-order valence-corrected chi connectivity index (χ2v) is 6.67. The van der Waals surface area contributed by atoms with Crippen LogP contribution in [0.25, 0.3) is 10.8 Å². The fourth-order valence-electron chi connectivity index (χ4n) is 2.75. The molecule has 3 aromatic heterocycles. The molecule has 4 rings (SSSR count). The Labute approximate surface area is 158 Å². The van der Waals surface area contributed by atoms with Gasteiger partial charge in [-0.15, -0.1) is 0 Å². The van der Waals surface area contributed by atoms with E-state index in [9.17, 15) is 9.59 Å². The molecule has 0 aliphatic heterocycles. The van der Waals surface area contributed by atoms with E-state index >= 15 is 0 Å². The molecule has 0 aliphatic rings. The van der Waals surface area contributed by atoms with Gasteiger partial charge in [0.15, 0.2) is 0 Å². The lowest BCUT2D eigenvalue weighted by Gasteiger charge is -2.09. The van der Waals surface area contributed by atoms with Crippen LogP contribution in [0.1, 0.15) is 11.3 Å². The summed E-state index contributed by atoms with van der Waals surface area (Å²) in [5, 5.41) is 17.4. The molecule has 8 heteroatoms. The van der Waals surface area contributed by atoms with Crippen LogP contribution in [0.4, 0.5) is 16.2 Å². The Morgan fingerprint density at radius 3 is 2.78 bits per heavy atom. The number of rotatable bonds is 4. The van der Waals surface area contributed by atoms with Crippen LogP contribution in [0.5, 0.6) is 0 Å². The number of carbonyl (C=O) groups excluding carboxylic acids is 1. The zero-order valence-corrected chi connectivity index (χ0v) is 14.9. The van der Waals surface area contributed by atoms with Crippen molar-refractivity contribution in [1.82, 2.24) is 15.2 Å². The average Bonchev–Trinajstić information content (AvgIpc) is 3.18. The third kappa shape index (κ3) is 3.85. The van der Waals surface area contributed by atoms with Crippen molar-refractivity contribution in [3.8, 4) is 0 Å². The number of aromatic amines is 1. The molecule has 0 spiro atoms. The fourth-order valence-corrected chi connectivity index (χ4v) is 3.42. The Kier molecular flexibility index (Phi) is 4.63. The van der Waals surface area contributed by atoms with Crippen LogP contribution in [-0.4, -0.2) is 21.2 Å². The Balaban J connectivity index is 1.59. The predicted octanol–water partition coefficient (Wildman–Crippen LogP) is 3.61. The van der Waals surface area contributed by atoms with E-state index in [1.54, 1.807) is 54.1 Å². The van der Waals surface area contributed by atoms with Crippen molar-refractivity contribution in [2.75, 3.05) is 10.6 Å². The summed E-state index contributed by atoms with van der Waals surface area (Å²) < 4.78 is 0. The normalized spacial score (nSPS) is 10.7. The molecule has 134 valence electrons. The lowest BCUT2D eigenvalue weighted by Crippen LogP contribution is -2.20. The molecule has 7 nitrogen and oxygen atoms in total. The molecular formula is C19H15N5O2S. The molecule has 0 radical (unpaired) electrons. The first-order valence-corrected chi connectivity index (χ1v) is 9.14. The third-order valence-electron chi connectivity index (χ3n) is 4.00. The number of amides is 2. The number of urea groups is 1. The molecule has 0 aliphatic carbocycles. The summed E-state index contributed by atoms with van der Waals surface area (Å²) in [7, 11) is 0. The number of aromatic nitrogens is 3. The summed E-state index contributed by atoms with van der Waals surface area (Å²) in [4.78, 5) is 28.3. The minimum atomic E-state index is -0.411. The van der Waals surface area contributed by atoms with Gasteiger partial charge in [0.1, 0.15) is 0 Å². The maximum Gasteiger partial charge on any atom is 0.323 e. The molecule has 3 heterocycles. The van der Waals surface area contributed by atoms with E-state index < -0.39 is 6.03 Å². The zero-order valence-electron chi connectivity index (χ0n) is 14.1. The second kappa shape index (κ2) is 7.38. The number of anilines is 2. The van der Waals surface area contributed by atoms with Crippen LogP contribution in [0, 0.1) is 0 Å². The summed E-state index contributed by atoms with van der Waals surface area (Å²) >= 11 is 1.62. The third-order valence-corrected chi connectivity index (χ3v) is 4.73. The second-order valence-electron chi connectivity index (χ2n) is 5.89. The molecule has 0 saturated carbocycles. The highest BCUT2D eigenvalue weighted by atomic mass is 32.1. The van der Waals surface area contributed by atoms with E-state index in [-0.39, 0.29) is 5.56 Å². The first kappa shape index (κ1) is 16.9. The molecule has 0 atom stereocenters. The van der Waals surface area contributed by atoms with Crippen LogP contribution in [0.2, 0.25) is 0 Å². The average molecular weight is 377 g/mol. The number of fused-ring (bicyclic) bond motifs is 1. The van der Waals surface area contributed by atoms with Gasteiger partial charge in [-0.2, -0.15) is 16.4 Å². The molecule has 27 heavy (non-hydrogen) atoms. The molecule has 0 fully saturated rings. The summed E-state index contributed by atoms with van der Waals surface area (Å²) in [6.45, 7) is 0. The Morgan fingerprint density at radius 1 is 1.11 bits per heavy atom. The van der Waals surface area contributed by atoms with Gasteiger partial charge in [0.05, 0.1) is 23.0 Å². The minimum absolute atomic E-state index is 0.296. The lowest BCUT2D eigenvalue weighted by atomic mass is 10.1. The minimum Gasteiger partial charge on any atom is -0.308 e. The van der Waals surface area contributed by atoms with E-state index in [0.29, 0.717) is 23.2 Å². The Morgan fingerprint density at radius 2 is 2.00 bits per heavy atom. The van der Waals surface area contributed by atoms with Crippen molar-refractivity contribution in [2.24, 2.45) is 0 Å². The van der Waals surface area contributed by atoms with Gasteiger partial charge in [0.2, 0.25) is 0 Å². The number of carbonyl (C=O) groups is 1. The summed E-state index contributed by atoms with van der Waals surface area (Å²) in [6, 6.07) is 10.3. The molecule has 0 unspecified atom stereocenters. The Bertz CT molecular complexity index is 1140. The van der Waals surface area contributed by atoms with E-state index in [1.807, 2.05) is 11.4 Å². The van der Waals surface area contributed by atoms with Crippen LogP contribution < -0.4 is 16.2 Å². The van der Waals surface area contributed by atoms with Crippen LogP contribution in [-0.2, 0) is 6.42 Å². The van der Waals surface area contributed by atoms with E-state index in [4.69, 9.17) is 0 Å². The standard InChI is InChI=1S/C19H15N5O2S/c25-18-16-9-13(21-19(26)22-14-2-1-6-20-10-14)3-4-15(16)17(23-24-18)8-12-5-7-27-11-12/h1-7,9-11H,8H2,(H,24,25)(H2,21,22,26). The molecule has 0 bridgehead atoms. The van der Waals surface area contributed by atoms with Gasteiger partial charge in [-0.25, -0.2) is 9.89 Å². The van der Waals surface area contributed by atoms with Crippen molar-refractivity contribution >= 4 is 39.5 Å². The van der Waals surface area contributed by atoms with Crippen LogP contribution in [0.15, 0.2) is 64.3 Å². The van der Waals surface area contributed by atoms with Gasteiger partial charge < -0.3 is 10.6 Å². The quantitative estimate of drug-likeness (QED) is 0.506. The number of nitrogens with zero attached hydrogens (tertiary/aromatic N) is 2. The fraction of sp³-hybridized carbons (Fsp3) is 0.0526. The van der Waals surface area contributed by atoms with E-state index in [2.05, 4.69) is 31.2 Å². The van der Waals surface area contributed by atoms with Gasteiger partial charge in [-0.05, 0) is 46.7 Å². The van der Waals surface area contributed by atoms with E-state index in [1.165, 1.54) is 0 Å². The van der Waals surface area contributed by atoms with Crippen LogP contribution in [0.3, 0.4) is 0 Å². The monoisotopic (exact) mass is 377 g/mol. The van der Waals surface area contributed by atoms with Crippen molar-refractivity contribution in [3.63, 3.8) is 0 Å². The van der Waals surface area contributed by atoms with Crippen molar-refractivity contribution in [3.05, 3.63) is 81.2 Å². The summed E-state index contributed by atoms with van der Waals surface area (Å²) in [5.74, 6) is 0. The smallest absolute Gasteiger partial charge is 0.308 e. The first-order valence-electron chi connectivity index (χ1n) is 8.19. The summed E-state index contributed by atoms with van der Waals surface area (Å²) in [5.41, 5.74) is 2.72. The number of hydrogen-bond donors (Lipinski definition) is 3. The Hall–Kier alpha value is -3.52. The van der Waals surface area contributed by atoms with Gasteiger partial charge in [-0.3, -0.25) is 9.78 Å². The number of nitrogens with one attached hydrogen (secondary N) is 3.